The normalized spacial score (nSPS) is 29.9. The van der Waals surface area contributed by atoms with Gasteiger partial charge in [-0.15, -0.1) is 0 Å². The first-order valence-electron chi connectivity index (χ1n) is 6.87. The molecule has 1 N–H and O–H groups in total. The summed E-state index contributed by atoms with van der Waals surface area (Å²) in [6.07, 6.45) is 2.62. The lowest BCUT2D eigenvalue weighted by Gasteiger charge is -2.28. The van der Waals surface area contributed by atoms with Crippen LogP contribution in [0.2, 0.25) is 0 Å². The Bertz CT molecular complexity index is 388. The zero-order valence-electron chi connectivity index (χ0n) is 10.7. The third kappa shape index (κ3) is 2.24. The molecule has 2 heterocycles. The lowest BCUT2D eigenvalue weighted by molar-refractivity contribution is 0.228. The fraction of sp³-hybridized carbons (Fsp3) is 0.600. The van der Waals surface area contributed by atoms with E-state index in [1.54, 1.807) is 5.56 Å². The zero-order chi connectivity index (χ0) is 11.7. The van der Waals surface area contributed by atoms with Gasteiger partial charge in [-0.25, -0.2) is 0 Å². The van der Waals surface area contributed by atoms with E-state index in [0.717, 1.165) is 19.0 Å². The maximum absolute atomic E-state index is 3.54. The predicted molar refractivity (Wildman–Crippen MR) is 70.9 cm³/mol. The Morgan fingerprint density at radius 1 is 1.24 bits per heavy atom. The molecule has 0 radical (unpaired) electrons. The van der Waals surface area contributed by atoms with Gasteiger partial charge in [0.2, 0.25) is 0 Å². The van der Waals surface area contributed by atoms with Gasteiger partial charge < -0.3 is 5.32 Å². The Hall–Kier alpha value is -0.860. The third-order valence-electron chi connectivity index (χ3n) is 4.22. The number of fused-ring (bicyclic) bond motifs is 1. The molecule has 1 fully saturated rings. The average molecular weight is 230 g/mol. The van der Waals surface area contributed by atoms with Crippen LogP contribution in [0.3, 0.4) is 0 Å². The molecule has 2 unspecified atom stereocenters. The molecule has 92 valence electrons. The fourth-order valence-electron chi connectivity index (χ4n) is 3.27. The van der Waals surface area contributed by atoms with Crippen molar-refractivity contribution in [3.8, 4) is 0 Å². The summed E-state index contributed by atoms with van der Waals surface area (Å²) in [6.45, 7) is 7.11. The summed E-state index contributed by atoms with van der Waals surface area (Å²) in [7, 11) is 0. The van der Waals surface area contributed by atoms with Crippen molar-refractivity contribution < 1.29 is 0 Å². The number of nitrogens with one attached hydrogen (secondary N) is 1. The van der Waals surface area contributed by atoms with Crippen molar-refractivity contribution in [2.75, 3.05) is 19.6 Å². The van der Waals surface area contributed by atoms with Crippen LogP contribution in [0.15, 0.2) is 24.3 Å². The Morgan fingerprint density at radius 3 is 2.94 bits per heavy atom. The van der Waals surface area contributed by atoms with E-state index in [-0.39, 0.29) is 0 Å². The van der Waals surface area contributed by atoms with Crippen LogP contribution in [0, 0.1) is 5.92 Å². The minimum atomic E-state index is 0.645. The van der Waals surface area contributed by atoms with Crippen LogP contribution in [0.1, 0.15) is 36.9 Å². The summed E-state index contributed by atoms with van der Waals surface area (Å²) in [5.74, 6) is 0.873. The average Bonchev–Trinajstić information content (AvgIpc) is 2.66. The molecule has 2 nitrogen and oxygen atoms in total. The largest absolute Gasteiger partial charge is 0.313 e. The molecule has 17 heavy (non-hydrogen) atoms. The van der Waals surface area contributed by atoms with Crippen LogP contribution < -0.4 is 5.32 Å². The highest BCUT2D eigenvalue weighted by Crippen LogP contribution is 2.32. The molecule has 1 aromatic rings. The minimum absolute atomic E-state index is 0.645. The van der Waals surface area contributed by atoms with Crippen molar-refractivity contribution in [3.63, 3.8) is 0 Å². The molecule has 0 spiro atoms. The lowest BCUT2D eigenvalue weighted by atomic mass is 9.98. The first-order chi connectivity index (χ1) is 8.34. The molecule has 2 atom stereocenters. The van der Waals surface area contributed by atoms with E-state index >= 15 is 0 Å². The van der Waals surface area contributed by atoms with Crippen molar-refractivity contribution in [1.29, 1.82) is 0 Å². The van der Waals surface area contributed by atoms with Crippen molar-refractivity contribution in [2.45, 2.75) is 32.4 Å². The van der Waals surface area contributed by atoms with Crippen LogP contribution in [0.4, 0.5) is 0 Å². The second-order valence-corrected chi connectivity index (χ2v) is 5.57. The quantitative estimate of drug-likeness (QED) is 0.797. The number of nitrogens with zero attached hydrogens (tertiary/aromatic N) is 1. The molecular formula is C15H22N2. The molecule has 1 aromatic carbocycles. The lowest BCUT2D eigenvalue weighted by Crippen LogP contribution is -2.27. The van der Waals surface area contributed by atoms with Crippen LogP contribution >= 0.6 is 0 Å². The number of likely N-dealkylation sites (tertiary alicyclic amines) is 1. The monoisotopic (exact) mass is 230 g/mol. The summed E-state index contributed by atoms with van der Waals surface area (Å²) in [5.41, 5.74) is 3.06. The summed E-state index contributed by atoms with van der Waals surface area (Å²) in [6, 6.07) is 9.61. The second-order valence-electron chi connectivity index (χ2n) is 5.57. The highest BCUT2D eigenvalue weighted by Gasteiger charge is 2.28. The molecule has 3 rings (SSSR count). The van der Waals surface area contributed by atoms with E-state index in [1.807, 2.05) is 0 Å². The van der Waals surface area contributed by atoms with Crippen molar-refractivity contribution in [1.82, 2.24) is 10.2 Å². The zero-order valence-corrected chi connectivity index (χ0v) is 10.7. The van der Waals surface area contributed by atoms with Gasteiger partial charge in [-0.3, -0.25) is 4.90 Å². The number of hydrogen-bond acceptors (Lipinski definition) is 2. The molecule has 2 aliphatic rings. The van der Waals surface area contributed by atoms with Crippen molar-refractivity contribution in [3.05, 3.63) is 35.4 Å². The second kappa shape index (κ2) is 4.79. The maximum Gasteiger partial charge on any atom is 0.0363 e. The number of hydrogen-bond donors (Lipinski definition) is 1. The van der Waals surface area contributed by atoms with Gasteiger partial charge in [-0.05, 0) is 43.0 Å². The Morgan fingerprint density at radius 2 is 2.12 bits per heavy atom. The maximum atomic E-state index is 3.54. The molecule has 1 saturated heterocycles. The first kappa shape index (κ1) is 11.2. The fourth-order valence-corrected chi connectivity index (χ4v) is 3.27. The van der Waals surface area contributed by atoms with Gasteiger partial charge in [0.25, 0.3) is 0 Å². The van der Waals surface area contributed by atoms with Crippen LogP contribution in [0.25, 0.3) is 0 Å². The van der Waals surface area contributed by atoms with Gasteiger partial charge in [0, 0.05) is 19.1 Å². The molecule has 0 bridgehead atoms. The van der Waals surface area contributed by atoms with E-state index < -0.39 is 0 Å². The predicted octanol–water partition coefficient (Wildman–Crippen LogP) is 2.56. The Balaban J connectivity index is 1.89. The smallest absolute Gasteiger partial charge is 0.0363 e. The molecule has 0 saturated carbocycles. The van der Waals surface area contributed by atoms with E-state index in [1.165, 1.54) is 31.5 Å². The highest BCUT2D eigenvalue weighted by atomic mass is 15.2. The van der Waals surface area contributed by atoms with E-state index in [4.69, 9.17) is 0 Å². The van der Waals surface area contributed by atoms with Gasteiger partial charge in [-0.2, -0.15) is 0 Å². The summed E-state index contributed by atoms with van der Waals surface area (Å²) in [4.78, 5) is 2.69. The third-order valence-corrected chi connectivity index (χ3v) is 4.22. The summed E-state index contributed by atoms with van der Waals surface area (Å²) >= 11 is 0. The highest BCUT2D eigenvalue weighted by molar-refractivity contribution is 5.31. The van der Waals surface area contributed by atoms with E-state index in [9.17, 15) is 0 Å². The van der Waals surface area contributed by atoms with Crippen molar-refractivity contribution >= 4 is 0 Å². The van der Waals surface area contributed by atoms with Gasteiger partial charge in [-0.1, -0.05) is 31.2 Å². The van der Waals surface area contributed by atoms with Gasteiger partial charge in [0.15, 0.2) is 0 Å². The van der Waals surface area contributed by atoms with Gasteiger partial charge >= 0.3 is 0 Å². The van der Waals surface area contributed by atoms with Gasteiger partial charge in [0.05, 0.1) is 0 Å². The summed E-state index contributed by atoms with van der Waals surface area (Å²) < 4.78 is 0. The van der Waals surface area contributed by atoms with Crippen LogP contribution in [0.5, 0.6) is 0 Å². The molecule has 0 aromatic heterocycles. The van der Waals surface area contributed by atoms with E-state index in [2.05, 4.69) is 41.4 Å². The number of benzene rings is 1. The molecular weight excluding hydrogens is 208 g/mol. The van der Waals surface area contributed by atoms with E-state index in [0.29, 0.717) is 6.04 Å². The molecule has 0 aliphatic carbocycles. The van der Waals surface area contributed by atoms with Gasteiger partial charge in [0.1, 0.15) is 0 Å². The molecule has 0 amide bonds. The minimum Gasteiger partial charge on any atom is -0.313 e. The number of rotatable bonds is 1. The Kier molecular flexibility index (Phi) is 3.17. The standard InChI is InChI=1S/C15H22N2/c1-12-7-9-17(11-12)15-6-8-16-10-13-4-2-3-5-14(13)15/h2-5,12,15-16H,6-11H2,1H3. The molecule has 2 aliphatic heterocycles. The van der Waals surface area contributed by atoms with Crippen molar-refractivity contribution in [2.24, 2.45) is 5.92 Å². The SMILES string of the molecule is CC1CCN(C2CCNCc3ccccc32)C1. The topological polar surface area (TPSA) is 15.3 Å². The molecule has 2 heteroatoms. The first-order valence-corrected chi connectivity index (χ1v) is 6.87. The van der Waals surface area contributed by atoms with Crippen LogP contribution in [-0.2, 0) is 6.54 Å². The Labute approximate surface area is 104 Å². The summed E-state index contributed by atoms with van der Waals surface area (Å²) in [5, 5.41) is 3.54. The van der Waals surface area contributed by atoms with Crippen LogP contribution in [-0.4, -0.2) is 24.5 Å².